The van der Waals surface area contributed by atoms with E-state index in [0.29, 0.717) is 10.1 Å². The summed E-state index contributed by atoms with van der Waals surface area (Å²) in [5.74, 6) is -1.76. The maximum absolute atomic E-state index is 14.5. The van der Waals surface area contributed by atoms with Crippen LogP contribution in [0.15, 0.2) is 48.9 Å². The van der Waals surface area contributed by atoms with Crippen LogP contribution < -0.4 is 0 Å². The molecule has 0 radical (unpaired) electrons. The number of nitrogens with zero attached hydrogens (tertiary/aromatic N) is 5. The largest absolute Gasteiger partial charge is 0.410 e. The predicted molar refractivity (Wildman–Crippen MR) is 94.7 cm³/mol. The van der Waals surface area contributed by atoms with Gasteiger partial charge in [0.25, 0.3) is 0 Å². The Hall–Kier alpha value is -3.43. The van der Waals surface area contributed by atoms with E-state index in [1.54, 1.807) is 12.1 Å². The Labute approximate surface area is 160 Å². The van der Waals surface area contributed by atoms with Gasteiger partial charge >= 0.3 is 6.18 Å². The van der Waals surface area contributed by atoms with Crippen LogP contribution >= 0.6 is 0 Å². The van der Waals surface area contributed by atoms with Crippen LogP contribution in [-0.2, 0) is 0 Å². The first-order valence-corrected chi connectivity index (χ1v) is 8.43. The molecule has 0 saturated heterocycles. The predicted octanol–water partition coefficient (Wildman–Crippen LogP) is 4.96. The minimum absolute atomic E-state index is 0.0840. The average Bonchev–Trinajstić information content (AvgIpc) is 3.12. The molecule has 1 unspecified atom stereocenters. The molecule has 29 heavy (non-hydrogen) atoms. The first-order chi connectivity index (χ1) is 13.7. The number of aromatic nitrogens is 5. The standard InChI is InChI=1S/C19H12F5N5/c1-10(19(22,23)24)29-18(27-17(28-29)13-6-14(20)9-25-8-13)12-5-11-3-2-4-26-16(11)15(21)7-12/h2-10H,1H3. The first kappa shape index (κ1) is 18.9. The van der Waals surface area contributed by atoms with E-state index in [2.05, 4.69) is 20.1 Å². The van der Waals surface area contributed by atoms with Crippen LogP contribution in [-0.4, -0.2) is 30.9 Å². The van der Waals surface area contributed by atoms with Gasteiger partial charge in [0.05, 0.1) is 6.20 Å². The van der Waals surface area contributed by atoms with Crippen molar-refractivity contribution in [3.63, 3.8) is 0 Å². The zero-order chi connectivity index (χ0) is 20.8. The van der Waals surface area contributed by atoms with Gasteiger partial charge in [0.1, 0.15) is 23.2 Å². The number of benzene rings is 1. The maximum Gasteiger partial charge on any atom is 0.410 e. The van der Waals surface area contributed by atoms with Gasteiger partial charge in [-0.2, -0.15) is 13.2 Å². The fourth-order valence-corrected chi connectivity index (χ4v) is 2.86. The summed E-state index contributed by atoms with van der Waals surface area (Å²) in [6, 6.07) is 4.70. The minimum atomic E-state index is -4.63. The Bertz CT molecular complexity index is 1200. The minimum Gasteiger partial charge on any atom is -0.261 e. The van der Waals surface area contributed by atoms with Crippen LogP contribution in [0.4, 0.5) is 22.0 Å². The molecule has 0 saturated carbocycles. The normalized spacial score (nSPS) is 13.0. The van der Waals surface area contributed by atoms with Crippen LogP contribution in [0.2, 0.25) is 0 Å². The number of pyridine rings is 2. The molecule has 0 aliphatic carbocycles. The zero-order valence-electron chi connectivity index (χ0n) is 14.8. The topological polar surface area (TPSA) is 56.5 Å². The molecule has 0 aliphatic rings. The summed E-state index contributed by atoms with van der Waals surface area (Å²) in [6.45, 7) is 0.907. The van der Waals surface area contributed by atoms with Gasteiger partial charge in [-0.15, -0.1) is 5.10 Å². The molecule has 0 aliphatic heterocycles. The van der Waals surface area contributed by atoms with E-state index in [4.69, 9.17) is 0 Å². The van der Waals surface area contributed by atoms with Crippen molar-refractivity contribution in [1.82, 2.24) is 24.7 Å². The summed E-state index contributed by atoms with van der Waals surface area (Å²) in [6.07, 6.45) is -1.04. The van der Waals surface area contributed by atoms with Crippen molar-refractivity contribution in [3.05, 3.63) is 60.6 Å². The summed E-state index contributed by atoms with van der Waals surface area (Å²) in [5.41, 5.74) is 0.269. The van der Waals surface area contributed by atoms with Crippen LogP contribution in [0.3, 0.4) is 0 Å². The molecule has 10 heteroatoms. The average molecular weight is 405 g/mol. The van der Waals surface area contributed by atoms with Gasteiger partial charge < -0.3 is 0 Å². The lowest BCUT2D eigenvalue weighted by Crippen LogP contribution is -2.25. The Morgan fingerprint density at radius 1 is 1.03 bits per heavy atom. The van der Waals surface area contributed by atoms with E-state index in [1.165, 1.54) is 18.5 Å². The quantitative estimate of drug-likeness (QED) is 0.452. The van der Waals surface area contributed by atoms with Crippen LogP contribution in [0.25, 0.3) is 33.7 Å². The second kappa shape index (κ2) is 6.87. The van der Waals surface area contributed by atoms with Gasteiger partial charge in [0.15, 0.2) is 11.6 Å². The molecule has 0 bridgehead atoms. The molecule has 0 amide bonds. The second-order valence-corrected chi connectivity index (χ2v) is 6.35. The van der Waals surface area contributed by atoms with Gasteiger partial charge in [-0.05, 0) is 31.2 Å². The summed E-state index contributed by atoms with van der Waals surface area (Å²) in [4.78, 5) is 11.7. The highest BCUT2D eigenvalue weighted by atomic mass is 19.4. The molecule has 4 aromatic rings. The van der Waals surface area contributed by atoms with Crippen molar-refractivity contribution in [2.45, 2.75) is 19.1 Å². The molecule has 0 N–H and O–H groups in total. The number of hydrogen-bond donors (Lipinski definition) is 0. The van der Waals surface area contributed by atoms with E-state index in [1.807, 2.05) is 0 Å². The van der Waals surface area contributed by atoms with E-state index in [9.17, 15) is 22.0 Å². The van der Waals surface area contributed by atoms with Gasteiger partial charge in [0.2, 0.25) is 0 Å². The van der Waals surface area contributed by atoms with Gasteiger partial charge in [-0.1, -0.05) is 6.07 Å². The van der Waals surface area contributed by atoms with Crippen LogP contribution in [0.5, 0.6) is 0 Å². The zero-order valence-corrected chi connectivity index (χ0v) is 14.8. The molecule has 1 aromatic carbocycles. The first-order valence-electron chi connectivity index (χ1n) is 8.43. The van der Waals surface area contributed by atoms with E-state index >= 15 is 0 Å². The Morgan fingerprint density at radius 3 is 2.55 bits per heavy atom. The number of fused-ring (bicyclic) bond motifs is 1. The monoisotopic (exact) mass is 405 g/mol. The fourth-order valence-electron chi connectivity index (χ4n) is 2.86. The lowest BCUT2D eigenvalue weighted by atomic mass is 10.1. The third-order valence-corrected chi connectivity index (χ3v) is 4.35. The van der Waals surface area contributed by atoms with Gasteiger partial charge in [0, 0.05) is 28.9 Å². The van der Waals surface area contributed by atoms with Gasteiger partial charge in [-0.25, -0.2) is 18.4 Å². The number of hydrogen-bond acceptors (Lipinski definition) is 4. The summed E-state index contributed by atoms with van der Waals surface area (Å²) in [7, 11) is 0. The highest BCUT2D eigenvalue weighted by Crippen LogP contribution is 2.35. The Kier molecular flexibility index (Phi) is 4.48. The molecule has 4 rings (SSSR count). The van der Waals surface area contributed by atoms with Crippen molar-refractivity contribution < 1.29 is 22.0 Å². The molecule has 3 aromatic heterocycles. The highest BCUT2D eigenvalue weighted by Gasteiger charge is 2.40. The van der Waals surface area contributed by atoms with Crippen molar-refractivity contribution in [2.75, 3.05) is 0 Å². The Balaban J connectivity index is 1.94. The highest BCUT2D eigenvalue weighted by molar-refractivity contribution is 5.84. The smallest absolute Gasteiger partial charge is 0.261 e. The fraction of sp³-hybridized carbons (Fsp3) is 0.158. The maximum atomic E-state index is 14.5. The second-order valence-electron chi connectivity index (χ2n) is 6.35. The molecular formula is C19H12F5N5. The molecule has 5 nitrogen and oxygen atoms in total. The molecule has 0 fully saturated rings. The molecule has 148 valence electrons. The SMILES string of the molecule is CC(n1nc(-c2cncc(F)c2)nc1-c1cc(F)c2ncccc2c1)C(F)(F)F. The molecule has 0 spiro atoms. The Morgan fingerprint density at radius 2 is 1.83 bits per heavy atom. The summed E-state index contributed by atoms with van der Waals surface area (Å²) >= 11 is 0. The lowest BCUT2D eigenvalue weighted by molar-refractivity contribution is -0.165. The van der Waals surface area contributed by atoms with E-state index in [-0.39, 0.29) is 28.3 Å². The summed E-state index contributed by atoms with van der Waals surface area (Å²) in [5, 5.41) is 4.31. The van der Waals surface area contributed by atoms with Gasteiger partial charge in [-0.3, -0.25) is 9.97 Å². The number of alkyl halides is 3. The van der Waals surface area contributed by atoms with Crippen LogP contribution in [0, 0.1) is 11.6 Å². The molecular weight excluding hydrogens is 393 g/mol. The number of halogens is 5. The van der Waals surface area contributed by atoms with Crippen molar-refractivity contribution in [3.8, 4) is 22.8 Å². The molecule has 1 atom stereocenters. The molecule has 3 heterocycles. The third kappa shape index (κ3) is 3.53. The summed E-state index contributed by atoms with van der Waals surface area (Å²) < 4.78 is 68.8. The van der Waals surface area contributed by atoms with Crippen molar-refractivity contribution in [1.29, 1.82) is 0 Å². The van der Waals surface area contributed by atoms with Crippen molar-refractivity contribution in [2.24, 2.45) is 0 Å². The number of rotatable bonds is 3. The van der Waals surface area contributed by atoms with Crippen LogP contribution in [0.1, 0.15) is 13.0 Å². The third-order valence-electron chi connectivity index (χ3n) is 4.35. The van der Waals surface area contributed by atoms with E-state index in [0.717, 1.165) is 25.3 Å². The van der Waals surface area contributed by atoms with E-state index < -0.39 is 23.9 Å². The van der Waals surface area contributed by atoms with Crippen molar-refractivity contribution >= 4 is 10.9 Å². The lowest BCUT2D eigenvalue weighted by Gasteiger charge is -2.17.